The van der Waals surface area contributed by atoms with Crippen LogP contribution < -0.4 is 10.1 Å². The number of para-hydroxylation sites is 1. The zero-order valence-electron chi connectivity index (χ0n) is 11.6. The minimum Gasteiger partial charge on any atom is -0.492 e. The van der Waals surface area contributed by atoms with E-state index in [2.05, 4.69) is 11.4 Å². The average Bonchev–Trinajstić information content (AvgIpc) is 2.65. The van der Waals surface area contributed by atoms with Crippen molar-refractivity contribution in [2.75, 3.05) is 6.61 Å². The Labute approximate surface area is 125 Å². The highest BCUT2D eigenvalue weighted by Gasteiger charge is 2.26. The lowest BCUT2D eigenvalue weighted by Gasteiger charge is -2.30. The highest BCUT2D eigenvalue weighted by Crippen LogP contribution is 2.37. The second kappa shape index (κ2) is 6.33. The highest BCUT2D eigenvalue weighted by molar-refractivity contribution is 6.32. The third-order valence-electron chi connectivity index (χ3n) is 4.39. The number of hydrogen-bond donors (Lipinski definition) is 2. The van der Waals surface area contributed by atoms with Gasteiger partial charge in [0, 0.05) is 17.6 Å². The first-order chi connectivity index (χ1) is 9.74. The molecule has 1 aliphatic carbocycles. The standard InChI is InChI=1S/C16H22ClNO2/c17-14-4-1-3-13-15(5-2-10-20-16(13)14)18-11-6-8-12(19)9-7-11/h1,3-4,11-12,15,18-19H,2,5-10H2. The zero-order chi connectivity index (χ0) is 13.9. The van der Waals surface area contributed by atoms with Crippen LogP contribution in [0.1, 0.15) is 50.1 Å². The Morgan fingerprint density at radius 1 is 1.15 bits per heavy atom. The number of ether oxygens (including phenoxy) is 1. The van der Waals surface area contributed by atoms with Crippen molar-refractivity contribution in [1.29, 1.82) is 0 Å². The molecule has 2 N–H and O–H groups in total. The number of halogens is 1. The van der Waals surface area contributed by atoms with Crippen molar-refractivity contribution in [1.82, 2.24) is 5.32 Å². The fourth-order valence-corrected chi connectivity index (χ4v) is 3.51. The van der Waals surface area contributed by atoms with Crippen molar-refractivity contribution in [2.24, 2.45) is 0 Å². The minimum absolute atomic E-state index is 0.104. The predicted molar refractivity (Wildman–Crippen MR) is 80.3 cm³/mol. The third kappa shape index (κ3) is 3.11. The van der Waals surface area contributed by atoms with Crippen LogP contribution in [0.25, 0.3) is 0 Å². The van der Waals surface area contributed by atoms with Gasteiger partial charge in [-0.15, -0.1) is 0 Å². The number of fused-ring (bicyclic) bond motifs is 1. The van der Waals surface area contributed by atoms with Gasteiger partial charge >= 0.3 is 0 Å². The van der Waals surface area contributed by atoms with Crippen LogP contribution in [0.3, 0.4) is 0 Å². The molecule has 0 amide bonds. The van der Waals surface area contributed by atoms with E-state index in [0.717, 1.165) is 50.9 Å². The monoisotopic (exact) mass is 295 g/mol. The fourth-order valence-electron chi connectivity index (χ4n) is 3.27. The van der Waals surface area contributed by atoms with E-state index in [-0.39, 0.29) is 6.10 Å². The van der Waals surface area contributed by atoms with Gasteiger partial charge in [0.15, 0.2) is 0 Å². The second-order valence-electron chi connectivity index (χ2n) is 5.87. The summed E-state index contributed by atoms with van der Waals surface area (Å²) in [5, 5.41) is 14.1. The van der Waals surface area contributed by atoms with Crippen molar-refractivity contribution >= 4 is 11.6 Å². The zero-order valence-corrected chi connectivity index (χ0v) is 12.4. The van der Waals surface area contributed by atoms with Crippen LogP contribution in [-0.4, -0.2) is 23.9 Å². The van der Waals surface area contributed by atoms with E-state index in [1.807, 2.05) is 12.1 Å². The lowest BCUT2D eigenvalue weighted by Crippen LogP contribution is -2.37. The van der Waals surface area contributed by atoms with Gasteiger partial charge in [0.05, 0.1) is 17.7 Å². The molecule has 20 heavy (non-hydrogen) atoms. The van der Waals surface area contributed by atoms with E-state index in [4.69, 9.17) is 16.3 Å². The Kier molecular flexibility index (Phi) is 4.49. The molecule has 0 radical (unpaired) electrons. The van der Waals surface area contributed by atoms with Crippen LogP contribution >= 0.6 is 11.6 Å². The Bertz CT molecular complexity index is 458. The molecule has 3 rings (SSSR count). The van der Waals surface area contributed by atoms with Crippen LogP contribution in [-0.2, 0) is 0 Å². The summed E-state index contributed by atoms with van der Waals surface area (Å²) < 4.78 is 5.80. The molecule has 110 valence electrons. The van der Waals surface area contributed by atoms with E-state index in [0.29, 0.717) is 17.1 Å². The molecular weight excluding hydrogens is 274 g/mol. The maximum atomic E-state index is 9.61. The topological polar surface area (TPSA) is 41.5 Å². The van der Waals surface area contributed by atoms with Gasteiger partial charge in [-0.25, -0.2) is 0 Å². The lowest BCUT2D eigenvalue weighted by atomic mass is 9.91. The Hall–Kier alpha value is -0.770. The van der Waals surface area contributed by atoms with E-state index < -0.39 is 0 Å². The Balaban J connectivity index is 1.75. The van der Waals surface area contributed by atoms with Crippen molar-refractivity contribution in [3.8, 4) is 5.75 Å². The molecule has 0 aromatic heterocycles. The summed E-state index contributed by atoms with van der Waals surface area (Å²) in [6, 6.07) is 6.80. The van der Waals surface area contributed by atoms with Crippen molar-refractivity contribution in [3.05, 3.63) is 28.8 Å². The van der Waals surface area contributed by atoms with E-state index in [9.17, 15) is 5.11 Å². The molecular formula is C16H22ClNO2. The molecule has 1 saturated carbocycles. The summed E-state index contributed by atoms with van der Waals surface area (Å²) in [5.74, 6) is 0.847. The summed E-state index contributed by atoms with van der Waals surface area (Å²) in [6.45, 7) is 0.734. The summed E-state index contributed by atoms with van der Waals surface area (Å²) in [7, 11) is 0. The van der Waals surface area contributed by atoms with Gasteiger partial charge in [0.1, 0.15) is 5.75 Å². The summed E-state index contributed by atoms with van der Waals surface area (Å²) in [5.41, 5.74) is 1.18. The van der Waals surface area contributed by atoms with Gasteiger partial charge in [-0.1, -0.05) is 23.7 Å². The minimum atomic E-state index is -0.104. The number of nitrogens with one attached hydrogen (secondary N) is 1. The average molecular weight is 296 g/mol. The Morgan fingerprint density at radius 3 is 2.75 bits per heavy atom. The van der Waals surface area contributed by atoms with Gasteiger partial charge in [0.25, 0.3) is 0 Å². The van der Waals surface area contributed by atoms with E-state index in [1.165, 1.54) is 5.56 Å². The quantitative estimate of drug-likeness (QED) is 0.878. The molecule has 1 heterocycles. The van der Waals surface area contributed by atoms with Crippen LogP contribution in [0.5, 0.6) is 5.75 Å². The van der Waals surface area contributed by atoms with Crippen LogP contribution in [0.4, 0.5) is 0 Å². The molecule has 1 unspecified atom stereocenters. The summed E-state index contributed by atoms with van der Waals surface area (Å²) >= 11 is 6.26. The van der Waals surface area contributed by atoms with Gasteiger partial charge in [-0.05, 0) is 44.6 Å². The normalized spacial score (nSPS) is 30.2. The summed E-state index contributed by atoms with van der Waals surface area (Å²) in [6.07, 6.45) is 5.92. The molecule has 4 heteroatoms. The third-order valence-corrected chi connectivity index (χ3v) is 4.69. The molecule has 1 aliphatic heterocycles. The fraction of sp³-hybridized carbons (Fsp3) is 0.625. The van der Waals surface area contributed by atoms with E-state index >= 15 is 0 Å². The SMILES string of the molecule is OC1CCC(NC2CCCOc3c(Cl)cccc32)CC1. The number of hydrogen-bond acceptors (Lipinski definition) is 3. The molecule has 0 spiro atoms. The second-order valence-corrected chi connectivity index (χ2v) is 6.28. The number of rotatable bonds is 2. The summed E-state index contributed by atoms with van der Waals surface area (Å²) in [4.78, 5) is 0. The number of aliphatic hydroxyl groups is 1. The first-order valence-corrected chi connectivity index (χ1v) is 7.97. The largest absolute Gasteiger partial charge is 0.492 e. The van der Waals surface area contributed by atoms with Gasteiger partial charge < -0.3 is 15.2 Å². The molecule has 1 aromatic carbocycles. The van der Waals surface area contributed by atoms with Gasteiger partial charge in [0.2, 0.25) is 0 Å². The Morgan fingerprint density at radius 2 is 1.95 bits per heavy atom. The maximum absolute atomic E-state index is 9.61. The molecule has 0 bridgehead atoms. The number of aliphatic hydroxyl groups excluding tert-OH is 1. The highest BCUT2D eigenvalue weighted by atomic mass is 35.5. The number of benzene rings is 1. The van der Waals surface area contributed by atoms with Crippen LogP contribution in [0, 0.1) is 0 Å². The molecule has 2 aliphatic rings. The van der Waals surface area contributed by atoms with E-state index in [1.54, 1.807) is 0 Å². The first kappa shape index (κ1) is 14.2. The van der Waals surface area contributed by atoms with Crippen LogP contribution in [0.15, 0.2) is 18.2 Å². The maximum Gasteiger partial charge on any atom is 0.142 e. The molecule has 0 saturated heterocycles. The van der Waals surface area contributed by atoms with Crippen molar-refractivity contribution in [3.63, 3.8) is 0 Å². The molecule has 3 nitrogen and oxygen atoms in total. The molecule has 1 aromatic rings. The lowest BCUT2D eigenvalue weighted by molar-refractivity contribution is 0.114. The van der Waals surface area contributed by atoms with Crippen LogP contribution in [0.2, 0.25) is 5.02 Å². The molecule has 1 atom stereocenters. The van der Waals surface area contributed by atoms with Gasteiger partial charge in [-0.3, -0.25) is 0 Å². The smallest absolute Gasteiger partial charge is 0.142 e. The molecule has 1 fully saturated rings. The van der Waals surface area contributed by atoms with Crippen molar-refractivity contribution in [2.45, 2.75) is 56.7 Å². The predicted octanol–water partition coefficient (Wildman–Crippen LogP) is 3.45. The van der Waals surface area contributed by atoms with Gasteiger partial charge in [-0.2, -0.15) is 0 Å². The van der Waals surface area contributed by atoms with Crippen molar-refractivity contribution < 1.29 is 9.84 Å². The first-order valence-electron chi connectivity index (χ1n) is 7.59.